The van der Waals surface area contributed by atoms with Gasteiger partial charge in [0.05, 0.1) is 6.04 Å². The van der Waals surface area contributed by atoms with Crippen LogP contribution in [0.2, 0.25) is 0 Å². The molecule has 2 aliphatic heterocycles. The fraction of sp³-hybridized carbons (Fsp3) is 0.556. The van der Waals surface area contributed by atoms with Gasteiger partial charge in [0.15, 0.2) is 0 Å². The lowest BCUT2D eigenvalue weighted by atomic mass is 9.93. The Morgan fingerprint density at radius 2 is 2.04 bits per heavy atom. The molecule has 1 aromatic carbocycles. The maximum Gasteiger partial charge on any atom is 0.133 e. The Morgan fingerprint density at radius 3 is 2.88 bits per heavy atom. The van der Waals surface area contributed by atoms with Gasteiger partial charge in [-0.05, 0) is 25.8 Å². The fourth-order valence-electron chi connectivity index (χ4n) is 3.80. The number of hydrogen-bond donors (Lipinski definition) is 3. The van der Waals surface area contributed by atoms with Gasteiger partial charge in [-0.1, -0.05) is 29.8 Å². The topological polar surface area (TPSA) is 66.8 Å². The first-order valence-electron chi connectivity index (χ1n) is 8.88. The largest absolute Gasteiger partial charge is 0.314 e. The Morgan fingerprint density at radius 1 is 1.21 bits per heavy atom. The summed E-state index contributed by atoms with van der Waals surface area (Å²) in [5, 5.41) is 12.2. The number of aromatic nitrogens is 3. The van der Waals surface area contributed by atoms with Crippen molar-refractivity contribution in [3.8, 4) is 0 Å². The van der Waals surface area contributed by atoms with E-state index in [2.05, 4.69) is 62.1 Å². The molecule has 1 aromatic heterocycles. The van der Waals surface area contributed by atoms with E-state index in [0.29, 0.717) is 18.0 Å². The van der Waals surface area contributed by atoms with Gasteiger partial charge in [-0.3, -0.25) is 5.43 Å². The third kappa shape index (κ3) is 3.09. The highest BCUT2D eigenvalue weighted by molar-refractivity contribution is 5.25. The molecule has 4 rings (SSSR count). The molecule has 6 nitrogen and oxygen atoms in total. The van der Waals surface area contributed by atoms with Crippen molar-refractivity contribution in [3.05, 3.63) is 47.0 Å². The lowest BCUT2D eigenvalue weighted by molar-refractivity contribution is 0.341. The molecular formula is C18H26N6. The zero-order valence-corrected chi connectivity index (χ0v) is 14.4. The average Bonchev–Trinajstić information content (AvgIpc) is 3.21. The molecule has 2 aromatic rings. The Balaban J connectivity index is 1.37. The summed E-state index contributed by atoms with van der Waals surface area (Å²) in [5.41, 5.74) is 9.43. The first kappa shape index (κ1) is 15.7. The summed E-state index contributed by atoms with van der Waals surface area (Å²) in [6.07, 6.45) is 2.15. The first-order chi connectivity index (χ1) is 11.7. The Labute approximate surface area is 143 Å². The average molecular weight is 326 g/mol. The zero-order valence-electron chi connectivity index (χ0n) is 14.4. The summed E-state index contributed by atoms with van der Waals surface area (Å²) >= 11 is 0. The Bertz CT molecular complexity index is 692. The summed E-state index contributed by atoms with van der Waals surface area (Å²) in [4.78, 5) is 0. The van der Waals surface area contributed by atoms with Crippen LogP contribution in [0.1, 0.15) is 35.2 Å². The van der Waals surface area contributed by atoms with Crippen LogP contribution in [-0.4, -0.2) is 33.9 Å². The van der Waals surface area contributed by atoms with Crippen molar-refractivity contribution in [2.24, 2.45) is 5.92 Å². The van der Waals surface area contributed by atoms with Gasteiger partial charge < -0.3 is 9.88 Å². The lowest BCUT2D eigenvalue weighted by Gasteiger charge is -2.27. The van der Waals surface area contributed by atoms with Crippen LogP contribution in [0, 0.1) is 19.8 Å². The van der Waals surface area contributed by atoms with E-state index in [9.17, 15) is 0 Å². The van der Waals surface area contributed by atoms with Crippen molar-refractivity contribution in [1.82, 2.24) is 30.9 Å². The minimum atomic E-state index is 0.369. The highest BCUT2D eigenvalue weighted by Gasteiger charge is 2.29. The predicted octanol–water partition coefficient (Wildman–Crippen LogP) is 1.26. The number of benzene rings is 1. The molecule has 0 saturated carbocycles. The van der Waals surface area contributed by atoms with Crippen molar-refractivity contribution >= 4 is 0 Å². The van der Waals surface area contributed by atoms with E-state index < -0.39 is 0 Å². The van der Waals surface area contributed by atoms with E-state index in [1.54, 1.807) is 0 Å². The van der Waals surface area contributed by atoms with Gasteiger partial charge in [-0.15, -0.1) is 10.2 Å². The van der Waals surface area contributed by atoms with Crippen LogP contribution in [-0.2, 0) is 13.0 Å². The van der Waals surface area contributed by atoms with Crippen LogP contribution in [0.5, 0.6) is 0 Å². The van der Waals surface area contributed by atoms with Crippen LogP contribution >= 0.6 is 0 Å². The molecule has 1 fully saturated rings. The van der Waals surface area contributed by atoms with Gasteiger partial charge in [0.2, 0.25) is 0 Å². The van der Waals surface area contributed by atoms with Crippen LogP contribution in [0.4, 0.5) is 0 Å². The number of rotatable bonds is 4. The van der Waals surface area contributed by atoms with Crippen molar-refractivity contribution in [2.75, 3.05) is 13.1 Å². The van der Waals surface area contributed by atoms with E-state index in [1.165, 1.54) is 11.1 Å². The molecule has 0 spiro atoms. The Kier molecular flexibility index (Phi) is 4.35. The molecule has 0 amide bonds. The molecule has 0 radical (unpaired) electrons. The highest BCUT2D eigenvalue weighted by atomic mass is 15.4. The quantitative estimate of drug-likeness (QED) is 0.789. The van der Waals surface area contributed by atoms with Crippen LogP contribution in [0.25, 0.3) is 0 Å². The van der Waals surface area contributed by atoms with Gasteiger partial charge >= 0.3 is 0 Å². The molecule has 3 N–H and O–H groups in total. The molecule has 24 heavy (non-hydrogen) atoms. The number of nitrogens with zero attached hydrogens (tertiary/aromatic N) is 3. The zero-order chi connectivity index (χ0) is 16.5. The third-order valence-corrected chi connectivity index (χ3v) is 5.33. The molecule has 128 valence electrons. The van der Waals surface area contributed by atoms with Crippen LogP contribution in [0.3, 0.4) is 0 Å². The molecule has 0 aliphatic carbocycles. The van der Waals surface area contributed by atoms with Gasteiger partial charge in [0.25, 0.3) is 0 Å². The predicted molar refractivity (Wildman–Crippen MR) is 93.4 cm³/mol. The van der Waals surface area contributed by atoms with Crippen LogP contribution in [0.15, 0.2) is 24.3 Å². The maximum absolute atomic E-state index is 4.25. The van der Waals surface area contributed by atoms with Crippen molar-refractivity contribution in [3.63, 3.8) is 0 Å². The van der Waals surface area contributed by atoms with E-state index in [1.807, 2.05) is 6.92 Å². The molecule has 3 atom stereocenters. The van der Waals surface area contributed by atoms with Crippen molar-refractivity contribution in [1.29, 1.82) is 0 Å². The molecule has 2 aliphatic rings. The molecule has 1 saturated heterocycles. The third-order valence-electron chi connectivity index (χ3n) is 5.33. The highest BCUT2D eigenvalue weighted by Crippen LogP contribution is 2.25. The van der Waals surface area contributed by atoms with Gasteiger partial charge in [-0.25, -0.2) is 5.43 Å². The Hall–Kier alpha value is -1.76. The smallest absolute Gasteiger partial charge is 0.133 e. The molecule has 3 unspecified atom stereocenters. The molecule has 6 heteroatoms. The summed E-state index contributed by atoms with van der Waals surface area (Å²) in [6.45, 7) is 7.16. The SMILES string of the molecule is Cc1ccc(C2NNCC2CNC2CCc3nnc(C)n3C2)cc1. The van der Waals surface area contributed by atoms with E-state index in [4.69, 9.17) is 0 Å². The second-order valence-electron chi connectivity index (χ2n) is 7.09. The molecule has 3 heterocycles. The second kappa shape index (κ2) is 6.63. The number of aryl methyl sites for hydroxylation is 3. The minimum Gasteiger partial charge on any atom is -0.314 e. The number of nitrogens with one attached hydrogen (secondary N) is 3. The second-order valence-corrected chi connectivity index (χ2v) is 7.09. The van der Waals surface area contributed by atoms with Crippen molar-refractivity contribution < 1.29 is 0 Å². The molecular weight excluding hydrogens is 300 g/mol. The first-order valence-corrected chi connectivity index (χ1v) is 8.88. The van der Waals surface area contributed by atoms with E-state index in [0.717, 1.165) is 44.1 Å². The van der Waals surface area contributed by atoms with Gasteiger partial charge in [-0.2, -0.15) is 0 Å². The van der Waals surface area contributed by atoms with Gasteiger partial charge in [0.1, 0.15) is 11.6 Å². The summed E-state index contributed by atoms with van der Waals surface area (Å²) in [5.74, 6) is 2.71. The van der Waals surface area contributed by atoms with Crippen LogP contribution < -0.4 is 16.2 Å². The number of fused-ring (bicyclic) bond motifs is 1. The number of hydrogen-bond acceptors (Lipinski definition) is 5. The fourth-order valence-corrected chi connectivity index (χ4v) is 3.80. The normalized spacial score (nSPS) is 26.5. The maximum atomic E-state index is 4.25. The summed E-state index contributed by atoms with van der Waals surface area (Å²) < 4.78 is 2.25. The van der Waals surface area contributed by atoms with Crippen molar-refractivity contribution in [2.45, 2.75) is 45.3 Å². The monoisotopic (exact) mass is 326 g/mol. The van der Waals surface area contributed by atoms with E-state index >= 15 is 0 Å². The summed E-state index contributed by atoms with van der Waals surface area (Å²) in [7, 11) is 0. The summed E-state index contributed by atoms with van der Waals surface area (Å²) in [6, 6.07) is 9.73. The minimum absolute atomic E-state index is 0.369. The van der Waals surface area contributed by atoms with E-state index in [-0.39, 0.29) is 0 Å². The van der Waals surface area contributed by atoms with Gasteiger partial charge in [0, 0.05) is 38.0 Å². The number of hydrazine groups is 1. The lowest BCUT2D eigenvalue weighted by Crippen LogP contribution is -2.41. The standard InChI is InChI=1S/C18H26N6/c1-12-3-5-14(6-4-12)18-15(10-20-23-18)9-19-16-7-8-17-22-21-13(2)24(17)11-16/h3-6,15-16,18-20,23H,7-11H2,1-2H3. The molecule has 0 bridgehead atoms.